The zero-order valence-electron chi connectivity index (χ0n) is 14.4. The first-order chi connectivity index (χ1) is 13.2. The van der Waals surface area contributed by atoms with E-state index in [1.54, 1.807) is 19.1 Å². The van der Waals surface area contributed by atoms with Crippen molar-refractivity contribution in [1.82, 2.24) is 9.97 Å². The summed E-state index contributed by atoms with van der Waals surface area (Å²) in [6.07, 6.45) is 0. The number of nitrogen functional groups attached to an aromatic ring is 1. The summed E-state index contributed by atoms with van der Waals surface area (Å²) in [5, 5.41) is 5.07. The van der Waals surface area contributed by atoms with Gasteiger partial charge in [0.2, 0.25) is 0 Å². The number of hydrogen-bond donors (Lipinski definition) is 3. The van der Waals surface area contributed by atoms with Gasteiger partial charge in [-0.2, -0.15) is 5.10 Å². The molecule has 0 radical (unpaired) electrons. The molecular weight excluding hydrogens is 344 g/mol. The Labute approximate surface area is 153 Å². The standard InChI is InChI=1S/C19H16N6O2/c1-11(13-10-12-6-2-5-9-16(12)27-19(13)26)24-25-18-17(23-20)21-14-7-3-4-8-15(14)22-18/h2-10H,20H2,1H3,(H,21,23)(H,22,25)/b24-11+. The molecule has 0 unspecified atom stereocenters. The molecule has 0 aliphatic rings. The second-order valence-corrected chi connectivity index (χ2v) is 5.85. The first-order valence-corrected chi connectivity index (χ1v) is 8.22. The Hall–Kier alpha value is -3.78. The molecule has 4 rings (SSSR count). The van der Waals surface area contributed by atoms with E-state index in [0.717, 1.165) is 5.39 Å². The molecule has 0 saturated heterocycles. The fourth-order valence-corrected chi connectivity index (χ4v) is 2.69. The molecule has 0 amide bonds. The Morgan fingerprint density at radius 2 is 1.70 bits per heavy atom. The fourth-order valence-electron chi connectivity index (χ4n) is 2.69. The van der Waals surface area contributed by atoms with E-state index in [4.69, 9.17) is 10.3 Å². The first-order valence-electron chi connectivity index (χ1n) is 8.22. The molecule has 0 atom stereocenters. The predicted octanol–water partition coefficient (Wildman–Crippen LogP) is 2.86. The van der Waals surface area contributed by atoms with Crippen molar-refractivity contribution in [2.24, 2.45) is 10.9 Å². The molecule has 8 heteroatoms. The molecule has 0 bridgehead atoms. The van der Waals surface area contributed by atoms with Crippen LogP contribution in [-0.4, -0.2) is 15.7 Å². The molecule has 8 nitrogen and oxygen atoms in total. The van der Waals surface area contributed by atoms with E-state index >= 15 is 0 Å². The van der Waals surface area contributed by atoms with E-state index in [9.17, 15) is 4.79 Å². The highest BCUT2D eigenvalue weighted by Gasteiger charge is 2.10. The fraction of sp³-hybridized carbons (Fsp3) is 0.0526. The lowest BCUT2D eigenvalue weighted by atomic mass is 10.1. The van der Waals surface area contributed by atoms with Gasteiger partial charge in [0.15, 0.2) is 11.6 Å². The Morgan fingerprint density at radius 1 is 1.04 bits per heavy atom. The molecule has 0 saturated carbocycles. The molecule has 27 heavy (non-hydrogen) atoms. The van der Waals surface area contributed by atoms with Gasteiger partial charge in [-0.3, -0.25) is 5.43 Å². The average Bonchev–Trinajstić information content (AvgIpc) is 2.70. The highest BCUT2D eigenvalue weighted by Crippen LogP contribution is 2.20. The Balaban J connectivity index is 1.71. The van der Waals surface area contributed by atoms with E-state index < -0.39 is 5.63 Å². The highest BCUT2D eigenvalue weighted by molar-refractivity contribution is 6.00. The molecule has 4 N–H and O–H groups in total. The number of fused-ring (bicyclic) bond motifs is 2. The maximum absolute atomic E-state index is 12.2. The molecule has 0 aliphatic heterocycles. The summed E-state index contributed by atoms with van der Waals surface area (Å²) in [6.45, 7) is 1.71. The van der Waals surface area contributed by atoms with Crippen molar-refractivity contribution in [2.45, 2.75) is 6.92 Å². The Kier molecular flexibility index (Phi) is 4.23. The van der Waals surface area contributed by atoms with Crippen LogP contribution >= 0.6 is 0 Å². The van der Waals surface area contributed by atoms with Gasteiger partial charge in [0, 0.05) is 5.39 Å². The quantitative estimate of drug-likeness (QED) is 0.222. The molecule has 0 fully saturated rings. The van der Waals surface area contributed by atoms with Crippen molar-refractivity contribution in [3.63, 3.8) is 0 Å². The van der Waals surface area contributed by atoms with Gasteiger partial charge in [-0.25, -0.2) is 20.6 Å². The maximum atomic E-state index is 12.2. The monoisotopic (exact) mass is 360 g/mol. The van der Waals surface area contributed by atoms with Crippen LogP contribution in [0.5, 0.6) is 0 Å². The Morgan fingerprint density at radius 3 is 2.44 bits per heavy atom. The zero-order valence-corrected chi connectivity index (χ0v) is 14.4. The summed E-state index contributed by atoms with van der Waals surface area (Å²) in [5.41, 5.74) is 7.59. The molecule has 4 aromatic rings. The van der Waals surface area contributed by atoms with Crippen molar-refractivity contribution in [2.75, 3.05) is 10.9 Å². The van der Waals surface area contributed by atoms with Crippen LogP contribution in [0.25, 0.3) is 22.0 Å². The minimum Gasteiger partial charge on any atom is -0.422 e. The third-order valence-corrected chi connectivity index (χ3v) is 4.07. The van der Waals surface area contributed by atoms with E-state index in [-0.39, 0.29) is 0 Å². The molecule has 2 aromatic carbocycles. The maximum Gasteiger partial charge on any atom is 0.345 e. The predicted molar refractivity (Wildman–Crippen MR) is 106 cm³/mol. The number of hydrogen-bond acceptors (Lipinski definition) is 8. The van der Waals surface area contributed by atoms with E-state index in [2.05, 4.69) is 25.9 Å². The zero-order chi connectivity index (χ0) is 18.8. The number of benzene rings is 2. The van der Waals surface area contributed by atoms with Gasteiger partial charge in [0.1, 0.15) is 5.58 Å². The van der Waals surface area contributed by atoms with Crippen molar-refractivity contribution < 1.29 is 4.42 Å². The highest BCUT2D eigenvalue weighted by atomic mass is 16.4. The van der Waals surface area contributed by atoms with E-state index in [1.807, 2.05) is 42.5 Å². The van der Waals surface area contributed by atoms with Crippen LogP contribution in [0.1, 0.15) is 12.5 Å². The molecule has 0 aliphatic carbocycles. The largest absolute Gasteiger partial charge is 0.422 e. The van der Waals surface area contributed by atoms with Crippen LogP contribution in [0, 0.1) is 0 Å². The third kappa shape index (κ3) is 3.21. The van der Waals surface area contributed by atoms with Crippen molar-refractivity contribution in [3.05, 3.63) is 70.6 Å². The van der Waals surface area contributed by atoms with Crippen molar-refractivity contribution in [1.29, 1.82) is 0 Å². The number of nitrogens with two attached hydrogens (primary N) is 1. The number of nitrogens with one attached hydrogen (secondary N) is 2. The number of rotatable bonds is 4. The van der Waals surface area contributed by atoms with Gasteiger partial charge in [0.25, 0.3) is 0 Å². The van der Waals surface area contributed by atoms with Gasteiger partial charge >= 0.3 is 5.63 Å². The van der Waals surface area contributed by atoms with Crippen molar-refractivity contribution in [3.8, 4) is 0 Å². The lowest BCUT2D eigenvalue weighted by Crippen LogP contribution is -2.15. The summed E-state index contributed by atoms with van der Waals surface area (Å²) in [7, 11) is 0. The minimum absolute atomic E-state index is 0.343. The number of hydrazine groups is 1. The molecular formula is C19H16N6O2. The van der Waals surface area contributed by atoms with Crippen LogP contribution in [0.4, 0.5) is 11.6 Å². The van der Waals surface area contributed by atoms with Gasteiger partial charge in [-0.05, 0) is 31.2 Å². The summed E-state index contributed by atoms with van der Waals surface area (Å²) in [5.74, 6) is 6.23. The van der Waals surface area contributed by atoms with E-state index in [0.29, 0.717) is 39.5 Å². The molecule has 2 heterocycles. The average molecular weight is 360 g/mol. The minimum atomic E-state index is -0.460. The SMILES string of the molecule is C/C(=N\Nc1nc2ccccc2nc1NN)c1cc2ccccc2oc1=O. The second-order valence-electron chi connectivity index (χ2n) is 5.85. The number of aromatic nitrogens is 2. The van der Waals surface area contributed by atoms with Gasteiger partial charge in [-0.15, -0.1) is 0 Å². The number of anilines is 2. The van der Waals surface area contributed by atoms with Gasteiger partial charge in [-0.1, -0.05) is 30.3 Å². The molecule has 134 valence electrons. The topological polar surface area (TPSA) is 118 Å². The first kappa shape index (κ1) is 16.7. The summed E-state index contributed by atoms with van der Waals surface area (Å²) in [4.78, 5) is 21.1. The smallest absolute Gasteiger partial charge is 0.345 e. The molecule has 0 spiro atoms. The molecule has 2 aromatic heterocycles. The van der Waals surface area contributed by atoms with Gasteiger partial charge in [0.05, 0.1) is 22.3 Å². The van der Waals surface area contributed by atoms with Crippen LogP contribution in [0.2, 0.25) is 0 Å². The number of hydrazone groups is 1. The van der Waals surface area contributed by atoms with Gasteiger partial charge < -0.3 is 9.84 Å². The summed E-state index contributed by atoms with van der Waals surface area (Å²) >= 11 is 0. The van der Waals surface area contributed by atoms with Crippen LogP contribution in [0.15, 0.2) is 68.9 Å². The van der Waals surface area contributed by atoms with Crippen LogP contribution < -0.4 is 22.3 Å². The van der Waals surface area contributed by atoms with Crippen molar-refractivity contribution >= 4 is 39.4 Å². The summed E-state index contributed by atoms with van der Waals surface area (Å²) in [6, 6.07) is 16.5. The van der Waals surface area contributed by atoms with Crippen LogP contribution in [-0.2, 0) is 0 Å². The number of para-hydroxylation sites is 3. The lowest BCUT2D eigenvalue weighted by molar-refractivity contribution is 0.559. The van der Waals surface area contributed by atoms with Crippen LogP contribution in [0.3, 0.4) is 0 Å². The summed E-state index contributed by atoms with van der Waals surface area (Å²) < 4.78 is 5.34. The van der Waals surface area contributed by atoms with E-state index in [1.165, 1.54) is 0 Å². The third-order valence-electron chi connectivity index (χ3n) is 4.07. The number of nitrogens with zero attached hydrogens (tertiary/aromatic N) is 3. The second kappa shape index (κ2) is 6.85. The lowest BCUT2D eigenvalue weighted by Gasteiger charge is -2.09. The normalized spacial score (nSPS) is 11.7. The Bertz CT molecular complexity index is 1230.